The van der Waals surface area contributed by atoms with Gasteiger partial charge in [0, 0.05) is 36.7 Å². The molecule has 0 bridgehead atoms. The Morgan fingerprint density at radius 3 is 2.56 bits per heavy atom. The quantitative estimate of drug-likeness (QED) is 0.790. The molecular formula is C21H23N3O. The first-order valence-electron chi connectivity index (χ1n) is 8.82. The van der Waals surface area contributed by atoms with E-state index in [4.69, 9.17) is 4.98 Å². The molecule has 1 saturated heterocycles. The van der Waals surface area contributed by atoms with Crippen molar-refractivity contribution in [3.63, 3.8) is 0 Å². The average Bonchev–Trinajstić information content (AvgIpc) is 2.67. The Morgan fingerprint density at radius 2 is 1.88 bits per heavy atom. The first kappa shape index (κ1) is 17.2. The maximum atomic E-state index is 12.1. The fourth-order valence-electron chi connectivity index (χ4n) is 2.97. The molecule has 0 saturated carbocycles. The Kier molecular flexibility index (Phi) is 5.45. The van der Waals surface area contributed by atoms with Crippen LogP contribution in [0.25, 0.3) is 11.3 Å². The minimum Gasteiger partial charge on any atom is -0.332 e. The van der Waals surface area contributed by atoms with E-state index in [0.717, 1.165) is 43.0 Å². The van der Waals surface area contributed by atoms with Crippen LogP contribution in [0.2, 0.25) is 0 Å². The summed E-state index contributed by atoms with van der Waals surface area (Å²) in [6, 6.07) is 12.1. The molecule has 1 aromatic heterocycles. The molecule has 1 amide bonds. The van der Waals surface area contributed by atoms with Crippen molar-refractivity contribution in [2.45, 2.75) is 32.6 Å². The molecule has 0 radical (unpaired) electrons. The zero-order chi connectivity index (χ0) is 17.6. The van der Waals surface area contributed by atoms with E-state index < -0.39 is 0 Å². The number of amides is 1. The summed E-state index contributed by atoms with van der Waals surface area (Å²) in [7, 11) is 0. The fraction of sp³-hybridized carbons (Fsp3) is 0.381. The van der Waals surface area contributed by atoms with Gasteiger partial charge in [0.05, 0.1) is 5.69 Å². The summed E-state index contributed by atoms with van der Waals surface area (Å²) in [5.41, 5.74) is 2.05. The zero-order valence-electron chi connectivity index (χ0n) is 14.8. The maximum Gasteiger partial charge on any atom is 0.298 e. The van der Waals surface area contributed by atoms with Gasteiger partial charge in [0.15, 0.2) is 0 Å². The summed E-state index contributed by atoms with van der Waals surface area (Å²) in [5, 5.41) is 0. The van der Waals surface area contributed by atoms with Crippen molar-refractivity contribution in [1.29, 1.82) is 0 Å². The van der Waals surface area contributed by atoms with Crippen molar-refractivity contribution in [2.75, 3.05) is 13.1 Å². The molecule has 1 fully saturated rings. The number of piperidine rings is 1. The van der Waals surface area contributed by atoms with Crippen LogP contribution >= 0.6 is 0 Å². The van der Waals surface area contributed by atoms with Gasteiger partial charge in [-0.1, -0.05) is 50.1 Å². The lowest BCUT2D eigenvalue weighted by Gasteiger charge is -2.30. The van der Waals surface area contributed by atoms with E-state index >= 15 is 0 Å². The van der Waals surface area contributed by atoms with Gasteiger partial charge in [0.25, 0.3) is 5.91 Å². The first-order chi connectivity index (χ1) is 12.1. The van der Waals surface area contributed by atoms with E-state index in [1.165, 1.54) is 0 Å². The molecule has 0 unspecified atom stereocenters. The maximum absolute atomic E-state index is 12.1. The third-order valence-electron chi connectivity index (χ3n) is 4.36. The Balaban J connectivity index is 1.66. The molecule has 3 rings (SSSR count). The minimum atomic E-state index is -0.0638. The van der Waals surface area contributed by atoms with Gasteiger partial charge >= 0.3 is 0 Å². The lowest BCUT2D eigenvalue weighted by Crippen LogP contribution is -2.37. The molecule has 2 heterocycles. The molecule has 0 N–H and O–H groups in total. The highest BCUT2D eigenvalue weighted by atomic mass is 16.2. The normalized spacial score (nSPS) is 14.9. The molecule has 0 spiro atoms. The summed E-state index contributed by atoms with van der Waals surface area (Å²) in [4.78, 5) is 23.2. The van der Waals surface area contributed by atoms with Crippen molar-refractivity contribution in [3.8, 4) is 23.1 Å². The summed E-state index contributed by atoms with van der Waals surface area (Å²) in [6.07, 6.45) is 3.59. The highest BCUT2D eigenvalue weighted by Crippen LogP contribution is 2.27. The van der Waals surface area contributed by atoms with E-state index in [9.17, 15) is 4.79 Å². The lowest BCUT2D eigenvalue weighted by molar-refractivity contribution is -0.126. The van der Waals surface area contributed by atoms with Gasteiger partial charge < -0.3 is 4.90 Å². The van der Waals surface area contributed by atoms with Crippen LogP contribution in [0.4, 0.5) is 0 Å². The predicted octanol–water partition coefficient (Wildman–Crippen LogP) is 3.51. The third-order valence-corrected chi connectivity index (χ3v) is 4.36. The summed E-state index contributed by atoms with van der Waals surface area (Å²) in [6.45, 7) is 5.41. The van der Waals surface area contributed by atoms with Gasteiger partial charge in [0.1, 0.15) is 5.82 Å². The molecule has 128 valence electrons. The Morgan fingerprint density at radius 1 is 1.16 bits per heavy atom. The van der Waals surface area contributed by atoms with Crippen LogP contribution in [-0.2, 0) is 4.79 Å². The molecule has 2 aromatic rings. The molecule has 1 aliphatic heterocycles. The van der Waals surface area contributed by atoms with Crippen molar-refractivity contribution in [3.05, 3.63) is 48.4 Å². The van der Waals surface area contributed by atoms with Crippen LogP contribution in [0.15, 0.2) is 42.6 Å². The SMILES string of the molecule is CC(C)C#CC(=O)N1CCC(c2nccc(-c3ccccc3)n2)CC1. The topological polar surface area (TPSA) is 46.1 Å². The van der Waals surface area contributed by atoms with E-state index in [1.807, 2.05) is 49.2 Å². The van der Waals surface area contributed by atoms with Gasteiger partial charge in [-0.3, -0.25) is 4.79 Å². The van der Waals surface area contributed by atoms with E-state index in [-0.39, 0.29) is 11.8 Å². The van der Waals surface area contributed by atoms with Crippen LogP contribution in [-0.4, -0.2) is 33.9 Å². The number of hydrogen-bond donors (Lipinski definition) is 0. The van der Waals surface area contributed by atoms with Crippen LogP contribution in [0.3, 0.4) is 0 Å². The molecule has 0 atom stereocenters. The van der Waals surface area contributed by atoms with Gasteiger partial charge in [-0.2, -0.15) is 0 Å². The standard InChI is InChI=1S/C21H23N3O/c1-16(2)8-9-20(25)24-14-11-18(12-15-24)21-22-13-10-19(23-21)17-6-4-3-5-7-17/h3-7,10,13,16,18H,11-12,14-15H2,1-2H3. The molecule has 0 aliphatic carbocycles. The molecule has 1 aliphatic rings. The number of likely N-dealkylation sites (tertiary alicyclic amines) is 1. The molecule has 25 heavy (non-hydrogen) atoms. The van der Waals surface area contributed by atoms with Crippen LogP contribution in [0.5, 0.6) is 0 Å². The number of hydrogen-bond acceptors (Lipinski definition) is 3. The van der Waals surface area contributed by atoms with E-state index in [1.54, 1.807) is 0 Å². The average molecular weight is 333 g/mol. The summed E-state index contributed by atoms with van der Waals surface area (Å²) < 4.78 is 0. The van der Waals surface area contributed by atoms with Crippen LogP contribution in [0, 0.1) is 17.8 Å². The van der Waals surface area contributed by atoms with Gasteiger partial charge in [-0.25, -0.2) is 9.97 Å². The molecular weight excluding hydrogens is 310 g/mol. The van der Waals surface area contributed by atoms with Gasteiger partial charge in [0.2, 0.25) is 0 Å². The van der Waals surface area contributed by atoms with Crippen molar-refractivity contribution < 1.29 is 4.79 Å². The van der Waals surface area contributed by atoms with Gasteiger partial charge in [-0.15, -0.1) is 0 Å². The Labute approximate surface area is 149 Å². The smallest absolute Gasteiger partial charge is 0.298 e. The second kappa shape index (κ2) is 7.94. The molecule has 4 nitrogen and oxygen atoms in total. The first-order valence-corrected chi connectivity index (χ1v) is 8.82. The van der Waals surface area contributed by atoms with Crippen LogP contribution in [0.1, 0.15) is 38.4 Å². The Hall–Kier alpha value is -2.67. The monoisotopic (exact) mass is 333 g/mol. The summed E-state index contributed by atoms with van der Waals surface area (Å²) in [5.74, 6) is 7.02. The van der Waals surface area contributed by atoms with Crippen LogP contribution < -0.4 is 0 Å². The summed E-state index contributed by atoms with van der Waals surface area (Å²) >= 11 is 0. The third kappa shape index (κ3) is 4.45. The van der Waals surface area contributed by atoms with Crippen molar-refractivity contribution >= 4 is 5.91 Å². The highest BCUT2D eigenvalue weighted by Gasteiger charge is 2.25. The molecule has 4 heteroatoms. The predicted molar refractivity (Wildman–Crippen MR) is 98.6 cm³/mol. The van der Waals surface area contributed by atoms with Gasteiger partial charge in [-0.05, 0) is 24.8 Å². The highest BCUT2D eigenvalue weighted by molar-refractivity contribution is 5.93. The van der Waals surface area contributed by atoms with Crippen molar-refractivity contribution in [1.82, 2.24) is 14.9 Å². The lowest BCUT2D eigenvalue weighted by atomic mass is 9.95. The number of carbonyl (C=O) groups is 1. The largest absolute Gasteiger partial charge is 0.332 e. The minimum absolute atomic E-state index is 0.0638. The number of aromatic nitrogens is 2. The fourth-order valence-corrected chi connectivity index (χ4v) is 2.97. The second-order valence-electron chi connectivity index (χ2n) is 6.66. The zero-order valence-corrected chi connectivity index (χ0v) is 14.8. The van der Waals surface area contributed by atoms with E-state index in [2.05, 4.69) is 29.0 Å². The Bertz CT molecular complexity index is 782. The number of carbonyl (C=O) groups excluding carboxylic acids is 1. The second-order valence-corrected chi connectivity index (χ2v) is 6.66. The number of rotatable bonds is 2. The number of benzene rings is 1. The number of nitrogens with zero attached hydrogens (tertiary/aromatic N) is 3. The van der Waals surface area contributed by atoms with E-state index in [0.29, 0.717) is 5.92 Å². The molecule has 1 aromatic carbocycles. The van der Waals surface area contributed by atoms with Crippen molar-refractivity contribution in [2.24, 2.45) is 5.92 Å².